The first-order chi connectivity index (χ1) is 14.2. The summed E-state index contributed by atoms with van der Waals surface area (Å²) in [6.45, 7) is 2.04. The van der Waals surface area contributed by atoms with Gasteiger partial charge in [0.05, 0.1) is 30.8 Å². The monoisotopic (exact) mass is 383 g/mol. The number of nitrogens with zero attached hydrogens (tertiary/aromatic N) is 3. The third-order valence-electron chi connectivity index (χ3n) is 5.35. The molecule has 2 aromatic carbocycles. The summed E-state index contributed by atoms with van der Waals surface area (Å²) >= 11 is 0. The Morgan fingerprint density at radius 3 is 2.48 bits per heavy atom. The van der Waals surface area contributed by atoms with Gasteiger partial charge in [-0.1, -0.05) is 42.5 Å². The Bertz CT molecular complexity index is 1160. The van der Waals surface area contributed by atoms with Crippen LogP contribution in [-0.4, -0.2) is 22.6 Å². The number of hydrogen-bond donors (Lipinski definition) is 0. The predicted molar refractivity (Wildman–Crippen MR) is 113 cm³/mol. The number of benzene rings is 2. The molecule has 0 saturated carbocycles. The van der Waals surface area contributed by atoms with Crippen molar-refractivity contribution < 1.29 is 9.15 Å². The topological polar surface area (TPSA) is 52.5 Å². The molecule has 0 amide bonds. The van der Waals surface area contributed by atoms with Crippen molar-refractivity contribution in [3.8, 4) is 16.9 Å². The van der Waals surface area contributed by atoms with Crippen LogP contribution >= 0.6 is 0 Å². The average Bonchev–Trinajstić information content (AvgIpc) is 3.41. The third kappa shape index (κ3) is 3.05. The lowest BCUT2D eigenvalue weighted by Gasteiger charge is -2.24. The highest BCUT2D eigenvalue weighted by Gasteiger charge is 2.30. The third-order valence-corrected chi connectivity index (χ3v) is 5.35. The van der Waals surface area contributed by atoms with Crippen molar-refractivity contribution in [1.82, 2.24) is 9.78 Å². The van der Waals surface area contributed by atoms with Crippen LogP contribution in [0.15, 0.2) is 82.4 Å². The Kier molecular flexibility index (Phi) is 4.28. The molecule has 144 valence electrons. The normalized spacial score (nSPS) is 15.7. The number of hydrogen-bond acceptors (Lipinski definition) is 4. The van der Waals surface area contributed by atoms with Crippen LogP contribution in [0.1, 0.15) is 29.5 Å². The summed E-state index contributed by atoms with van der Waals surface area (Å²) in [7, 11) is 1.67. The zero-order valence-corrected chi connectivity index (χ0v) is 16.4. The molecule has 0 spiro atoms. The number of ether oxygens (including phenoxy) is 1. The van der Waals surface area contributed by atoms with E-state index in [1.54, 1.807) is 13.4 Å². The summed E-state index contributed by atoms with van der Waals surface area (Å²) in [5.74, 6) is 2.49. The quantitative estimate of drug-likeness (QED) is 0.463. The van der Waals surface area contributed by atoms with E-state index in [9.17, 15) is 0 Å². The number of fused-ring (bicyclic) bond motifs is 1. The predicted octanol–water partition coefficient (Wildman–Crippen LogP) is 5.57. The Balaban J connectivity index is 1.70. The van der Waals surface area contributed by atoms with Gasteiger partial charge in [0.25, 0.3) is 0 Å². The van der Waals surface area contributed by atoms with E-state index < -0.39 is 0 Å². The highest BCUT2D eigenvalue weighted by molar-refractivity contribution is 6.02. The van der Waals surface area contributed by atoms with E-state index in [4.69, 9.17) is 19.2 Å². The minimum atomic E-state index is 0.0644. The Morgan fingerprint density at radius 1 is 1.00 bits per heavy atom. The molecule has 1 aliphatic heterocycles. The zero-order chi connectivity index (χ0) is 19.8. The van der Waals surface area contributed by atoms with E-state index in [2.05, 4.69) is 41.1 Å². The Labute approximate surface area is 169 Å². The van der Waals surface area contributed by atoms with Crippen LogP contribution < -0.4 is 4.74 Å². The van der Waals surface area contributed by atoms with Crippen LogP contribution in [-0.2, 0) is 0 Å². The molecule has 0 fully saturated rings. The van der Waals surface area contributed by atoms with E-state index in [-0.39, 0.29) is 6.04 Å². The first kappa shape index (κ1) is 17.5. The minimum absolute atomic E-state index is 0.0644. The second kappa shape index (κ2) is 7.09. The first-order valence-corrected chi connectivity index (χ1v) is 9.64. The van der Waals surface area contributed by atoms with Crippen molar-refractivity contribution in [3.63, 3.8) is 0 Å². The number of aliphatic imine (C=N–C) groups is 1. The van der Waals surface area contributed by atoms with Crippen LogP contribution in [0.5, 0.6) is 5.75 Å². The molecule has 1 aliphatic rings. The molecule has 5 nitrogen and oxygen atoms in total. The molecule has 1 atom stereocenters. The van der Waals surface area contributed by atoms with Crippen molar-refractivity contribution >= 4 is 11.5 Å². The van der Waals surface area contributed by atoms with E-state index in [1.165, 1.54) is 5.56 Å². The molecule has 0 saturated heterocycles. The number of aryl methyl sites for hydroxylation is 1. The summed E-state index contributed by atoms with van der Waals surface area (Å²) < 4.78 is 13.0. The fourth-order valence-electron chi connectivity index (χ4n) is 3.93. The van der Waals surface area contributed by atoms with E-state index in [1.807, 2.05) is 37.3 Å². The molecule has 1 unspecified atom stereocenters. The molecule has 3 heterocycles. The van der Waals surface area contributed by atoms with Crippen LogP contribution in [0.2, 0.25) is 0 Å². The highest BCUT2D eigenvalue weighted by Crippen LogP contribution is 2.42. The van der Waals surface area contributed by atoms with Crippen molar-refractivity contribution in [2.24, 2.45) is 4.99 Å². The molecule has 4 aromatic rings. The fraction of sp³-hybridized carbons (Fsp3) is 0.167. The lowest BCUT2D eigenvalue weighted by atomic mass is 9.97. The summed E-state index contributed by atoms with van der Waals surface area (Å²) in [5.41, 5.74) is 5.20. The molecular formula is C24H21N3O2. The second-order valence-corrected chi connectivity index (χ2v) is 7.12. The Morgan fingerprint density at radius 2 is 1.79 bits per heavy atom. The van der Waals surface area contributed by atoms with Crippen LogP contribution in [0.4, 0.5) is 5.82 Å². The second-order valence-electron chi connectivity index (χ2n) is 7.12. The van der Waals surface area contributed by atoms with Gasteiger partial charge in [0.1, 0.15) is 11.5 Å². The number of rotatable bonds is 4. The molecule has 5 heteroatoms. The van der Waals surface area contributed by atoms with E-state index in [0.29, 0.717) is 0 Å². The summed E-state index contributed by atoms with van der Waals surface area (Å²) in [6.07, 6.45) is 2.42. The van der Waals surface area contributed by atoms with Crippen molar-refractivity contribution in [1.29, 1.82) is 0 Å². The molecule has 5 rings (SSSR count). The molecule has 0 N–H and O–H groups in total. The van der Waals surface area contributed by atoms with E-state index in [0.717, 1.165) is 46.3 Å². The highest BCUT2D eigenvalue weighted by atomic mass is 16.5. The molecule has 0 radical (unpaired) electrons. The number of methoxy groups -OCH3 is 1. The Hall–Kier alpha value is -3.60. The summed E-state index contributed by atoms with van der Waals surface area (Å²) in [4.78, 5) is 5.00. The van der Waals surface area contributed by atoms with Crippen molar-refractivity contribution in [2.45, 2.75) is 19.4 Å². The summed E-state index contributed by atoms with van der Waals surface area (Å²) in [6, 6.07) is 22.4. The molecule has 2 aromatic heterocycles. The van der Waals surface area contributed by atoms with Gasteiger partial charge in [-0.05, 0) is 42.3 Å². The molecule has 29 heavy (non-hydrogen) atoms. The van der Waals surface area contributed by atoms with Gasteiger partial charge in [0.15, 0.2) is 5.82 Å². The smallest absolute Gasteiger partial charge is 0.159 e. The van der Waals surface area contributed by atoms with Gasteiger partial charge in [0.2, 0.25) is 0 Å². The molecular weight excluding hydrogens is 362 g/mol. The summed E-state index contributed by atoms with van der Waals surface area (Å²) in [5, 5.41) is 4.89. The molecule has 0 aliphatic carbocycles. The number of furan rings is 1. The fourth-order valence-corrected chi connectivity index (χ4v) is 3.93. The molecule has 0 bridgehead atoms. The van der Waals surface area contributed by atoms with Crippen molar-refractivity contribution in [2.75, 3.05) is 7.11 Å². The van der Waals surface area contributed by atoms with Crippen LogP contribution in [0.25, 0.3) is 11.1 Å². The standard InChI is InChI=1S/C24H21N3O2/c1-16-23(18-10-12-19(28-2)13-11-18)24-25-20(22-9-6-14-29-22)15-21(27(24)26-16)17-7-4-3-5-8-17/h3-14,21H,15H2,1-2H3. The zero-order valence-electron chi connectivity index (χ0n) is 16.4. The lowest BCUT2D eigenvalue weighted by Crippen LogP contribution is -2.21. The van der Waals surface area contributed by atoms with Gasteiger partial charge < -0.3 is 9.15 Å². The van der Waals surface area contributed by atoms with Gasteiger partial charge >= 0.3 is 0 Å². The van der Waals surface area contributed by atoms with Gasteiger partial charge in [-0.3, -0.25) is 0 Å². The van der Waals surface area contributed by atoms with Gasteiger partial charge in [0, 0.05) is 12.0 Å². The van der Waals surface area contributed by atoms with Gasteiger partial charge in [-0.25, -0.2) is 9.67 Å². The largest absolute Gasteiger partial charge is 0.497 e. The van der Waals surface area contributed by atoms with Crippen LogP contribution in [0, 0.1) is 6.92 Å². The maximum Gasteiger partial charge on any atom is 0.159 e. The number of aromatic nitrogens is 2. The maximum atomic E-state index is 5.68. The lowest BCUT2D eigenvalue weighted by molar-refractivity contribution is 0.415. The van der Waals surface area contributed by atoms with Gasteiger partial charge in [-0.15, -0.1) is 0 Å². The average molecular weight is 383 g/mol. The van der Waals surface area contributed by atoms with E-state index >= 15 is 0 Å². The van der Waals surface area contributed by atoms with Gasteiger partial charge in [-0.2, -0.15) is 5.10 Å². The SMILES string of the molecule is COc1ccc(-c2c(C)nn3c2N=C(c2ccco2)CC3c2ccccc2)cc1. The van der Waals surface area contributed by atoms with Crippen molar-refractivity contribution in [3.05, 3.63) is 90.0 Å². The minimum Gasteiger partial charge on any atom is -0.497 e. The first-order valence-electron chi connectivity index (χ1n) is 9.64. The van der Waals surface area contributed by atoms with Crippen LogP contribution in [0.3, 0.4) is 0 Å². The maximum absolute atomic E-state index is 5.68.